The topological polar surface area (TPSA) is 327 Å². The zero-order valence-corrected chi connectivity index (χ0v) is 39.5. The van der Waals surface area contributed by atoms with Crippen LogP contribution in [0.25, 0.3) is 0 Å². The van der Waals surface area contributed by atoms with E-state index in [1.54, 1.807) is 0 Å². The molecule has 3 heterocycles. The molecule has 0 unspecified atom stereocenters. The molecule has 3 rings (SSSR count). The first-order valence-electron chi connectivity index (χ1n) is 24.5. The Morgan fingerprint density at radius 1 is 0.567 bits per heavy atom. The van der Waals surface area contributed by atoms with Gasteiger partial charge in [0.25, 0.3) is 0 Å². The van der Waals surface area contributed by atoms with Crippen LogP contribution in [-0.2, 0) is 52.3 Å². The standard InChI is InChI=1S/C46H82O21/c1-4-5-19-29(20-18-23-31(51)30(50)21-16-14-12-10-8-6-7-9-11-13-15-17-22-32(52)43(58)59)64-45-42(37(55)35(26-61-45)62-27(2)48)67-46-41(36(54)33(53)25-60-46)66-44-39(57)38(56)40(63-28(3)49)34(24-47)65-44/h29-42,44-47,50-57H,4-26H2,1-3H3,(H,58,59)/t29-,30-,31+,32-,33+,34-,35+,36-,37-,38-,39-,40-,41+,42+,44+,45-,46-/m1/s1. The van der Waals surface area contributed by atoms with Crippen LogP contribution in [0.5, 0.6) is 0 Å². The van der Waals surface area contributed by atoms with Gasteiger partial charge >= 0.3 is 17.9 Å². The molecule has 17 atom stereocenters. The summed E-state index contributed by atoms with van der Waals surface area (Å²) in [5.74, 6) is -2.69. The van der Waals surface area contributed by atoms with Crippen LogP contribution in [0.2, 0.25) is 0 Å². The van der Waals surface area contributed by atoms with Crippen molar-refractivity contribution in [1.82, 2.24) is 0 Å². The highest BCUT2D eigenvalue weighted by atomic mass is 16.8. The Bertz CT molecular complexity index is 1370. The second-order valence-corrected chi connectivity index (χ2v) is 18.2. The van der Waals surface area contributed by atoms with Crippen LogP contribution in [0.4, 0.5) is 0 Å². The number of rotatable bonds is 33. The van der Waals surface area contributed by atoms with Crippen LogP contribution in [0.15, 0.2) is 0 Å². The summed E-state index contributed by atoms with van der Waals surface area (Å²) in [6.07, 6.45) is -7.66. The fourth-order valence-electron chi connectivity index (χ4n) is 8.60. The fraction of sp³-hybridized carbons (Fsp3) is 0.935. The minimum atomic E-state index is -1.89. The van der Waals surface area contributed by atoms with E-state index in [2.05, 4.69) is 0 Å². The lowest BCUT2D eigenvalue weighted by atomic mass is 9.98. The summed E-state index contributed by atoms with van der Waals surface area (Å²) >= 11 is 0. The summed E-state index contributed by atoms with van der Waals surface area (Å²) < 4.78 is 46.1. The van der Waals surface area contributed by atoms with Gasteiger partial charge in [-0.1, -0.05) is 96.8 Å². The summed E-state index contributed by atoms with van der Waals surface area (Å²) in [5.41, 5.74) is 0. The second-order valence-electron chi connectivity index (χ2n) is 18.2. The van der Waals surface area contributed by atoms with Gasteiger partial charge in [0.1, 0.15) is 48.8 Å². The Morgan fingerprint density at radius 3 is 1.63 bits per heavy atom. The molecule has 0 aromatic heterocycles. The molecule has 0 aromatic carbocycles. The van der Waals surface area contributed by atoms with Crippen molar-refractivity contribution in [3.63, 3.8) is 0 Å². The number of carboxylic acid groups (broad SMARTS) is 1. The predicted octanol–water partition coefficient (Wildman–Crippen LogP) is 1.23. The third kappa shape index (κ3) is 20.6. The van der Waals surface area contributed by atoms with Gasteiger partial charge in [-0.15, -0.1) is 0 Å². The van der Waals surface area contributed by atoms with E-state index in [4.69, 9.17) is 43.0 Å². The second kappa shape index (κ2) is 31.9. The average Bonchev–Trinajstić information content (AvgIpc) is 3.28. The number of carbonyl (C=O) groups excluding carboxylic acids is 2. The number of aliphatic carboxylic acids is 1. The molecule has 21 heteroatoms. The average molecular weight is 971 g/mol. The van der Waals surface area contributed by atoms with Crippen LogP contribution >= 0.6 is 0 Å². The minimum absolute atomic E-state index is 0.275. The van der Waals surface area contributed by atoms with Gasteiger partial charge in [0.2, 0.25) is 0 Å². The molecule has 3 aliphatic rings. The fourth-order valence-corrected chi connectivity index (χ4v) is 8.60. The van der Waals surface area contributed by atoms with Crippen molar-refractivity contribution in [2.45, 2.75) is 254 Å². The summed E-state index contributed by atoms with van der Waals surface area (Å²) in [7, 11) is 0. The van der Waals surface area contributed by atoms with Crippen molar-refractivity contribution in [2.75, 3.05) is 19.8 Å². The SMILES string of the molecule is CCCC[C@H](CCC[C@H](O)[C@H](O)CCCCCCCCCCCCCC[C@@H](O)C(=O)O)O[C@H]1OC[C@H](OC(C)=O)[C@@H](O)[C@@H]1O[C@H]1OC[C@H](O)[C@@H](O)[C@@H]1O[C@@H]1O[C@H](CO)[C@@H](OC(C)=O)[C@H](O)[C@H]1O. The molecule has 0 aromatic rings. The van der Waals surface area contributed by atoms with Gasteiger partial charge in [0, 0.05) is 13.8 Å². The van der Waals surface area contributed by atoms with E-state index < -0.39 is 135 Å². The highest BCUT2D eigenvalue weighted by Gasteiger charge is 2.53. The first-order valence-corrected chi connectivity index (χ1v) is 24.5. The molecular formula is C46H82O21. The van der Waals surface area contributed by atoms with Crippen LogP contribution < -0.4 is 0 Å². The Hall–Kier alpha value is -2.19. The van der Waals surface area contributed by atoms with Gasteiger partial charge in [-0.2, -0.15) is 0 Å². The molecule has 21 nitrogen and oxygen atoms in total. The molecule has 3 aliphatic heterocycles. The smallest absolute Gasteiger partial charge is 0.332 e. The molecule has 0 spiro atoms. The molecule has 67 heavy (non-hydrogen) atoms. The summed E-state index contributed by atoms with van der Waals surface area (Å²) in [6, 6.07) is 0. The van der Waals surface area contributed by atoms with Gasteiger partial charge in [0.15, 0.2) is 37.2 Å². The number of carbonyl (C=O) groups is 3. The molecule has 0 amide bonds. The number of carboxylic acids is 1. The molecule has 0 aliphatic carbocycles. The highest BCUT2D eigenvalue weighted by molar-refractivity contribution is 5.71. The minimum Gasteiger partial charge on any atom is -0.479 e. The predicted molar refractivity (Wildman–Crippen MR) is 235 cm³/mol. The molecule has 0 radical (unpaired) electrons. The first kappa shape index (κ1) is 59.1. The van der Waals surface area contributed by atoms with E-state index in [1.165, 1.54) is 0 Å². The summed E-state index contributed by atoms with van der Waals surface area (Å²) in [5, 5.41) is 104. The van der Waals surface area contributed by atoms with E-state index >= 15 is 0 Å². The van der Waals surface area contributed by atoms with Gasteiger partial charge in [-0.05, 0) is 38.5 Å². The van der Waals surface area contributed by atoms with Crippen LogP contribution in [-0.4, -0.2) is 193 Å². The van der Waals surface area contributed by atoms with Crippen LogP contribution in [0, 0.1) is 0 Å². The van der Waals surface area contributed by atoms with Gasteiger partial charge in [0.05, 0.1) is 38.1 Å². The van der Waals surface area contributed by atoms with Crippen molar-refractivity contribution in [2.24, 2.45) is 0 Å². The third-order valence-electron chi connectivity index (χ3n) is 12.6. The number of esters is 2. The summed E-state index contributed by atoms with van der Waals surface area (Å²) in [4.78, 5) is 34.3. The molecule has 0 saturated carbocycles. The molecule has 392 valence electrons. The van der Waals surface area contributed by atoms with Crippen LogP contribution in [0.1, 0.15) is 149 Å². The maximum absolute atomic E-state index is 12.0. The number of aliphatic hydroxyl groups is 9. The quantitative estimate of drug-likeness (QED) is 0.0327. The Balaban J connectivity index is 1.52. The maximum atomic E-state index is 12.0. The maximum Gasteiger partial charge on any atom is 0.332 e. The number of hydrogen-bond acceptors (Lipinski definition) is 20. The molecular weight excluding hydrogens is 888 g/mol. The van der Waals surface area contributed by atoms with Gasteiger partial charge < -0.3 is 89.0 Å². The lowest BCUT2D eigenvalue weighted by molar-refractivity contribution is -0.380. The van der Waals surface area contributed by atoms with Crippen molar-refractivity contribution in [3.05, 3.63) is 0 Å². The number of aliphatic hydroxyl groups excluding tert-OH is 9. The van der Waals surface area contributed by atoms with Gasteiger partial charge in [-0.3, -0.25) is 9.59 Å². The van der Waals surface area contributed by atoms with Crippen molar-refractivity contribution >= 4 is 17.9 Å². The number of ether oxygens (including phenoxy) is 8. The van der Waals surface area contributed by atoms with Crippen molar-refractivity contribution in [1.29, 1.82) is 0 Å². The van der Waals surface area contributed by atoms with E-state index in [0.29, 0.717) is 38.5 Å². The van der Waals surface area contributed by atoms with E-state index in [1.807, 2.05) is 6.92 Å². The molecule has 0 bridgehead atoms. The van der Waals surface area contributed by atoms with E-state index in [0.717, 1.165) is 104 Å². The number of unbranched alkanes of at least 4 members (excludes halogenated alkanes) is 12. The molecule has 3 saturated heterocycles. The number of hydrogen-bond donors (Lipinski definition) is 10. The third-order valence-corrected chi connectivity index (χ3v) is 12.6. The zero-order valence-electron chi connectivity index (χ0n) is 39.5. The molecule has 3 fully saturated rings. The van der Waals surface area contributed by atoms with Crippen molar-refractivity contribution < 1.29 is 103 Å². The Morgan fingerprint density at radius 2 is 1.07 bits per heavy atom. The highest BCUT2D eigenvalue weighted by Crippen LogP contribution is 2.33. The largest absolute Gasteiger partial charge is 0.479 e. The summed E-state index contributed by atoms with van der Waals surface area (Å²) in [6.45, 7) is 2.71. The zero-order chi connectivity index (χ0) is 49.5. The molecule has 10 N–H and O–H groups in total. The lowest BCUT2D eigenvalue weighted by Crippen LogP contribution is -2.65. The lowest BCUT2D eigenvalue weighted by Gasteiger charge is -2.47. The monoisotopic (exact) mass is 971 g/mol. The Labute approximate surface area is 393 Å². The van der Waals surface area contributed by atoms with Crippen LogP contribution in [0.3, 0.4) is 0 Å². The normalized spacial score (nSPS) is 32.0. The first-order chi connectivity index (χ1) is 32.0. The van der Waals surface area contributed by atoms with E-state index in [9.17, 15) is 60.3 Å². The van der Waals surface area contributed by atoms with E-state index in [-0.39, 0.29) is 6.61 Å². The Kier molecular flexibility index (Phi) is 28.2. The van der Waals surface area contributed by atoms with Gasteiger partial charge in [-0.25, -0.2) is 4.79 Å². The van der Waals surface area contributed by atoms with Crippen molar-refractivity contribution in [3.8, 4) is 0 Å².